The Kier molecular flexibility index (Phi) is 4.15. The second-order valence-electron chi connectivity index (χ2n) is 4.79. The van der Waals surface area contributed by atoms with Crippen molar-refractivity contribution in [2.45, 2.75) is 33.6 Å². The third-order valence-corrected chi connectivity index (χ3v) is 3.28. The first-order valence-electron chi connectivity index (χ1n) is 6.78. The van der Waals surface area contributed by atoms with Gasteiger partial charge in [-0.1, -0.05) is 31.5 Å². The highest BCUT2D eigenvalue weighted by molar-refractivity contribution is 5.72. The van der Waals surface area contributed by atoms with Gasteiger partial charge in [-0.05, 0) is 31.9 Å². The van der Waals surface area contributed by atoms with E-state index in [1.807, 2.05) is 20.9 Å². The maximum atomic E-state index is 4.69. The van der Waals surface area contributed by atoms with E-state index >= 15 is 0 Å². The molecule has 0 radical (unpaired) electrons. The minimum Gasteiger partial charge on any atom is -0.371 e. The van der Waals surface area contributed by atoms with Crippen LogP contribution in [0.3, 0.4) is 0 Å². The van der Waals surface area contributed by atoms with Crippen molar-refractivity contribution in [3.05, 3.63) is 41.2 Å². The van der Waals surface area contributed by atoms with E-state index in [-0.39, 0.29) is 0 Å². The second kappa shape index (κ2) is 5.83. The molecule has 0 aliphatic heterocycles. The first-order chi connectivity index (χ1) is 9.15. The normalized spacial score (nSPS) is 10.5. The van der Waals surface area contributed by atoms with Crippen LogP contribution in [0.2, 0.25) is 0 Å². The Morgan fingerprint density at radius 1 is 1.11 bits per heavy atom. The molecule has 0 amide bonds. The van der Waals surface area contributed by atoms with Crippen LogP contribution in [-0.4, -0.2) is 17.0 Å². The monoisotopic (exact) mass is 255 g/mol. The average molecular weight is 255 g/mol. The van der Waals surface area contributed by atoms with Crippen molar-refractivity contribution in [1.82, 2.24) is 9.97 Å². The van der Waals surface area contributed by atoms with Crippen molar-refractivity contribution >= 4 is 5.82 Å². The molecule has 100 valence electrons. The summed E-state index contributed by atoms with van der Waals surface area (Å²) in [6.45, 7) is 6.18. The molecular weight excluding hydrogens is 234 g/mol. The summed E-state index contributed by atoms with van der Waals surface area (Å²) in [5.74, 6) is 0.844. The number of rotatable bonds is 4. The lowest BCUT2D eigenvalue weighted by Crippen LogP contribution is -2.03. The van der Waals surface area contributed by atoms with Gasteiger partial charge in [-0.3, -0.25) is 0 Å². The van der Waals surface area contributed by atoms with Gasteiger partial charge in [0, 0.05) is 12.6 Å². The zero-order valence-corrected chi connectivity index (χ0v) is 12.1. The quantitative estimate of drug-likeness (QED) is 0.904. The average Bonchev–Trinajstić information content (AvgIpc) is 2.42. The lowest BCUT2D eigenvalue weighted by atomic mass is 10.0. The molecule has 0 unspecified atom stereocenters. The Hall–Kier alpha value is -1.90. The summed E-state index contributed by atoms with van der Waals surface area (Å²) < 4.78 is 0. The molecule has 2 rings (SSSR count). The molecule has 2 aromatic rings. The molecular formula is C16H21N3. The molecule has 0 aliphatic carbocycles. The lowest BCUT2D eigenvalue weighted by Gasteiger charge is -2.11. The predicted molar refractivity (Wildman–Crippen MR) is 80.5 cm³/mol. The molecule has 3 nitrogen and oxygen atoms in total. The van der Waals surface area contributed by atoms with Gasteiger partial charge in [0.15, 0.2) is 5.82 Å². The molecule has 0 spiro atoms. The van der Waals surface area contributed by atoms with Crippen molar-refractivity contribution in [1.29, 1.82) is 0 Å². The molecule has 1 N–H and O–H groups in total. The van der Waals surface area contributed by atoms with Crippen molar-refractivity contribution in [3.8, 4) is 11.3 Å². The van der Waals surface area contributed by atoms with Crippen LogP contribution in [0, 0.1) is 13.8 Å². The zero-order chi connectivity index (χ0) is 13.8. The summed E-state index contributed by atoms with van der Waals surface area (Å²) in [6, 6.07) is 8.57. The SMILES string of the molecule is CCCc1cccc(-c2nc(C)c(C)nc2NC)c1. The summed E-state index contributed by atoms with van der Waals surface area (Å²) in [5, 5.41) is 3.14. The maximum Gasteiger partial charge on any atom is 0.152 e. The molecule has 1 aromatic carbocycles. The maximum absolute atomic E-state index is 4.69. The third-order valence-electron chi connectivity index (χ3n) is 3.28. The Balaban J connectivity index is 2.51. The number of hydrogen-bond acceptors (Lipinski definition) is 3. The number of anilines is 1. The topological polar surface area (TPSA) is 37.8 Å². The molecule has 0 atom stereocenters. The number of nitrogens with zero attached hydrogens (tertiary/aromatic N) is 2. The molecule has 0 fully saturated rings. The smallest absolute Gasteiger partial charge is 0.152 e. The number of aryl methyl sites for hydroxylation is 3. The van der Waals surface area contributed by atoms with Gasteiger partial charge in [0.2, 0.25) is 0 Å². The molecule has 3 heteroatoms. The van der Waals surface area contributed by atoms with Gasteiger partial charge < -0.3 is 5.32 Å². The van der Waals surface area contributed by atoms with Gasteiger partial charge in [-0.25, -0.2) is 9.97 Å². The van der Waals surface area contributed by atoms with E-state index in [1.165, 1.54) is 5.56 Å². The molecule has 0 aliphatic rings. The molecule has 0 saturated carbocycles. The highest BCUT2D eigenvalue weighted by Gasteiger charge is 2.10. The first kappa shape index (κ1) is 13.5. The molecule has 1 aromatic heterocycles. The summed E-state index contributed by atoms with van der Waals surface area (Å²) in [6.07, 6.45) is 2.25. The van der Waals surface area contributed by atoms with Gasteiger partial charge in [-0.2, -0.15) is 0 Å². The van der Waals surface area contributed by atoms with Gasteiger partial charge in [0.1, 0.15) is 5.69 Å². The highest BCUT2D eigenvalue weighted by Crippen LogP contribution is 2.26. The molecule has 0 bridgehead atoms. The van der Waals surface area contributed by atoms with Crippen LogP contribution in [0.1, 0.15) is 30.3 Å². The van der Waals surface area contributed by atoms with Crippen molar-refractivity contribution < 1.29 is 0 Å². The Morgan fingerprint density at radius 2 is 1.84 bits per heavy atom. The molecule has 0 saturated heterocycles. The van der Waals surface area contributed by atoms with Gasteiger partial charge in [0.25, 0.3) is 0 Å². The van der Waals surface area contributed by atoms with Crippen molar-refractivity contribution in [3.63, 3.8) is 0 Å². The van der Waals surface area contributed by atoms with Gasteiger partial charge >= 0.3 is 0 Å². The summed E-state index contributed by atoms with van der Waals surface area (Å²) in [7, 11) is 1.89. The number of nitrogens with one attached hydrogen (secondary N) is 1. The number of hydrogen-bond donors (Lipinski definition) is 1. The highest BCUT2D eigenvalue weighted by atomic mass is 15.0. The minimum atomic E-state index is 0.844. The number of aromatic nitrogens is 2. The summed E-state index contributed by atoms with van der Waals surface area (Å²) in [5.41, 5.74) is 5.37. The Morgan fingerprint density at radius 3 is 2.53 bits per heavy atom. The van der Waals surface area contributed by atoms with Crippen molar-refractivity contribution in [2.24, 2.45) is 0 Å². The van der Waals surface area contributed by atoms with E-state index in [1.54, 1.807) is 0 Å². The van der Waals surface area contributed by atoms with Crippen LogP contribution in [-0.2, 0) is 6.42 Å². The zero-order valence-electron chi connectivity index (χ0n) is 12.1. The van der Waals surface area contributed by atoms with Crippen LogP contribution in [0.25, 0.3) is 11.3 Å². The minimum absolute atomic E-state index is 0.844. The van der Waals surface area contributed by atoms with E-state index in [4.69, 9.17) is 0 Å². The largest absolute Gasteiger partial charge is 0.371 e. The van der Waals surface area contributed by atoms with Gasteiger partial charge in [-0.15, -0.1) is 0 Å². The molecule has 19 heavy (non-hydrogen) atoms. The van der Waals surface area contributed by atoms with Crippen LogP contribution in [0.5, 0.6) is 0 Å². The van der Waals surface area contributed by atoms with E-state index in [2.05, 4.69) is 46.5 Å². The third kappa shape index (κ3) is 2.92. The fourth-order valence-corrected chi connectivity index (χ4v) is 2.14. The van der Waals surface area contributed by atoms with Crippen molar-refractivity contribution in [2.75, 3.05) is 12.4 Å². The van der Waals surface area contributed by atoms with E-state index < -0.39 is 0 Å². The Labute approximate surface area is 115 Å². The van der Waals surface area contributed by atoms with Crippen LogP contribution in [0.15, 0.2) is 24.3 Å². The number of benzene rings is 1. The fourth-order valence-electron chi connectivity index (χ4n) is 2.14. The van der Waals surface area contributed by atoms with E-state index in [0.29, 0.717) is 0 Å². The van der Waals surface area contributed by atoms with E-state index in [9.17, 15) is 0 Å². The standard InChI is InChI=1S/C16H21N3/c1-5-7-13-8-6-9-14(10-13)15-16(17-4)19-12(3)11(2)18-15/h6,8-10H,5,7H2,1-4H3,(H,17,19). The summed E-state index contributed by atoms with van der Waals surface area (Å²) in [4.78, 5) is 9.26. The summed E-state index contributed by atoms with van der Waals surface area (Å²) >= 11 is 0. The lowest BCUT2D eigenvalue weighted by molar-refractivity contribution is 0.922. The van der Waals surface area contributed by atoms with E-state index in [0.717, 1.165) is 41.3 Å². The second-order valence-corrected chi connectivity index (χ2v) is 4.79. The first-order valence-corrected chi connectivity index (χ1v) is 6.78. The Bertz CT molecular complexity index is 576. The van der Waals surface area contributed by atoms with Crippen LogP contribution in [0.4, 0.5) is 5.82 Å². The predicted octanol–water partition coefficient (Wildman–Crippen LogP) is 3.75. The molecule has 1 heterocycles. The fraction of sp³-hybridized carbons (Fsp3) is 0.375. The van der Waals surface area contributed by atoms with Gasteiger partial charge in [0.05, 0.1) is 11.4 Å². The van der Waals surface area contributed by atoms with Crippen LogP contribution >= 0.6 is 0 Å². The van der Waals surface area contributed by atoms with Crippen LogP contribution < -0.4 is 5.32 Å².